The normalized spacial score (nSPS) is 11.8. The Morgan fingerprint density at radius 1 is 1.62 bits per heavy atom. The molecule has 0 saturated heterocycles. The van der Waals surface area contributed by atoms with Crippen LogP contribution in [0.1, 0.15) is 18.5 Å². The van der Waals surface area contributed by atoms with E-state index in [1.165, 1.54) is 10.7 Å². The molecule has 1 rings (SSSR count). The van der Waals surface area contributed by atoms with Crippen molar-refractivity contribution in [2.45, 2.75) is 32.5 Å². The first-order valence-corrected chi connectivity index (χ1v) is 5.75. The summed E-state index contributed by atoms with van der Waals surface area (Å²) in [7, 11) is 0. The van der Waals surface area contributed by atoms with E-state index in [9.17, 15) is 28.1 Å². The zero-order valence-corrected chi connectivity index (χ0v) is 10.9. The number of hydrazone groups is 1. The van der Waals surface area contributed by atoms with Crippen LogP contribution >= 0.6 is 0 Å². The van der Waals surface area contributed by atoms with Crippen molar-refractivity contribution >= 4 is 17.9 Å². The van der Waals surface area contributed by atoms with E-state index in [0.717, 1.165) is 0 Å². The molecule has 1 heterocycles. The molecule has 0 spiro atoms. The fourth-order valence-corrected chi connectivity index (χ4v) is 1.34. The number of hydrogen-bond donors (Lipinski definition) is 1. The molecule has 116 valence electrons. The van der Waals surface area contributed by atoms with Crippen LogP contribution in [-0.4, -0.2) is 33.0 Å². The third kappa shape index (κ3) is 6.01. The van der Waals surface area contributed by atoms with Crippen LogP contribution in [0.15, 0.2) is 11.2 Å². The van der Waals surface area contributed by atoms with Gasteiger partial charge in [0.05, 0.1) is 29.8 Å². The van der Waals surface area contributed by atoms with Gasteiger partial charge in [-0.1, -0.05) is 0 Å². The Hall–Kier alpha value is -2.46. The predicted octanol–water partition coefficient (Wildman–Crippen LogP) is 1.54. The number of alkyl halides is 3. The van der Waals surface area contributed by atoms with Crippen LogP contribution in [0.3, 0.4) is 0 Å². The molecule has 0 aromatic carbocycles. The number of amides is 1. The fraction of sp³-hybridized carbons (Fsp3) is 0.500. The Morgan fingerprint density at radius 2 is 2.29 bits per heavy atom. The number of nitrogens with one attached hydrogen (secondary N) is 1. The summed E-state index contributed by atoms with van der Waals surface area (Å²) in [5.74, 6) is -0.956. The van der Waals surface area contributed by atoms with Crippen LogP contribution < -0.4 is 5.43 Å². The fourth-order valence-electron chi connectivity index (χ4n) is 1.34. The lowest BCUT2D eigenvalue weighted by atomic mass is 10.4. The van der Waals surface area contributed by atoms with Gasteiger partial charge < -0.3 is 10.1 Å². The van der Waals surface area contributed by atoms with E-state index in [1.807, 2.05) is 5.43 Å². The third-order valence-corrected chi connectivity index (χ3v) is 2.31. The lowest BCUT2D eigenvalue weighted by Gasteiger charge is -2.01. The van der Waals surface area contributed by atoms with Gasteiger partial charge >= 0.3 is 12.0 Å². The minimum atomic E-state index is -4.38. The molecule has 0 aliphatic heterocycles. The zero-order chi connectivity index (χ0) is 16.0. The molecule has 0 aliphatic rings. The summed E-state index contributed by atoms with van der Waals surface area (Å²) >= 11 is 0. The monoisotopic (exact) mass is 307 g/mol. The summed E-state index contributed by atoms with van der Waals surface area (Å²) in [6.45, 7) is 1.64. The van der Waals surface area contributed by atoms with Crippen molar-refractivity contribution in [2.75, 3.05) is 0 Å². The van der Waals surface area contributed by atoms with Gasteiger partial charge in [0.15, 0.2) is 0 Å². The maximum absolute atomic E-state index is 11.8. The number of hydrogen-bond acceptors (Lipinski definition) is 5. The number of nitrogens with zero attached hydrogens (tertiary/aromatic N) is 4. The SMILES string of the molecule is Cc1cc([N+](=O)[O-])nn1CCC(=O)NN=CCC(F)(F)F. The van der Waals surface area contributed by atoms with Gasteiger partial charge in [0, 0.05) is 12.6 Å². The molecule has 1 aromatic rings. The average molecular weight is 307 g/mol. The average Bonchev–Trinajstić information content (AvgIpc) is 2.73. The molecule has 0 atom stereocenters. The van der Waals surface area contributed by atoms with Crippen LogP contribution in [0.25, 0.3) is 0 Å². The minimum Gasteiger partial charge on any atom is -0.358 e. The number of carbonyl (C=O) groups excluding carboxylic acids is 1. The third-order valence-electron chi connectivity index (χ3n) is 2.31. The first-order valence-electron chi connectivity index (χ1n) is 5.75. The molecule has 0 saturated carbocycles. The molecular formula is C10H12F3N5O3. The van der Waals surface area contributed by atoms with Gasteiger partial charge in [0.1, 0.15) is 0 Å². The molecular weight excluding hydrogens is 295 g/mol. The van der Waals surface area contributed by atoms with E-state index in [0.29, 0.717) is 11.9 Å². The first kappa shape index (κ1) is 16.6. The number of aryl methyl sites for hydroxylation is 2. The molecule has 0 fully saturated rings. The highest BCUT2D eigenvalue weighted by Crippen LogP contribution is 2.17. The molecule has 0 radical (unpaired) electrons. The quantitative estimate of drug-likeness (QED) is 0.489. The molecule has 1 N–H and O–H groups in total. The summed E-state index contributed by atoms with van der Waals surface area (Å²) in [6, 6.07) is 1.25. The second kappa shape index (κ2) is 6.81. The number of halogens is 3. The van der Waals surface area contributed by atoms with Crippen LogP contribution in [0.2, 0.25) is 0 Å². The van der Waals surface area contributed by atoms with Crippen molar-refractivity contribution in [3.8, 4) is 0 Å². The van der Waals surface area contributed by atoms with Crippen molar-refractivity contribution in [3.63, 3.8) is 0 Å². The van der Waals surface area contributed by atoms with E-state index >= 15 is 0 Å². The standard InChI is InChI=1S/C10H12F3N5O3/c1-7-6-8(18(20)21)16-17(7)5-2-9(19)15-14-4-3-10(11,12)13/h4,6H,2-3,5H2,1H3,(H,15,19). The first-order chi connectivity index (χ1) is 9.69. The van der Waals surface area contributed by atoms with Gasteiger partial charge in [-0.3, -0.25) is 4.79 Å². The molecule has 0 aliphatic carbocycles. The van der Waals surface area contributed by atoms with Gasteiger partial charge in [-0.15, -0.1) is 0 Å². The number of rotatable bonds is 6. The Kier molecular flexibility index (Phi) is 5.38. The Labute approximate surface area is 116 Å². The predicted molar refractivity (Wildman–Crippen MR) is 65.5 cm³/mol. The van der Waals surface area contributed by atoms with E-state index in [1.54, 1.807) is 6.92 Å². The topological polar surface area (TPSA) is 102 Å². The lowest BCUT2D eigenvalue weighted by Crippen LogP contribution is -2.20. The van der Waals surface area contributed by atoms with Gasteiger partial charge in [-0.25, -0.2) is 5.43 Å². The highest BCUT2D eigenvalue weighted by Gasteiger charge is 2.25. The highest BCUT2D eigenvalue weighted by atomic mass is 19.4. The van der Waals surface area contributed by atoms with Crippen molar-refractivity contribution in [3.05, 3.63) is 21.9 Å². The smallest absolute Gasteiger partial charge is 0.358 e. The molecule has 0 unspecified atom stereocenters. The lowest BCUT2D eigenvalue weighted by molar-refractivity contribution is -0.389. The van der Waals surface area contributed by atoms with Crippen molar-refractivity contribution in [2.24, 2.45) is 5.10 Å². The summed E-state index contributed by atoms with van der Waals surface area (Å²) < 4.78 is 36.6. The van der Waals surface area contributed by atoms with E-state index in [4.69, 9.17) is 0 Å². The summed E-state index contributed by atoms with van der Waals surface area (Å²) in [5, 5.41) is 17.3. The second-order valence-corrected chi connectivity index (χ2v) is 4.04. The van der Waals surface area contributed by atoms with Crippen molar-refractivity contribution < 1.29 is 22.9 Å². The van der Waals surface area contributed by atoms with Crippen molar-refractivity contribution in [1.82, 2.24) is 15.2 Å². The molecule has 1 amide bonds. The highest BCUT2D eigenvalue weighted by molar-refractivity contribution is 5.76. The van der Waals surface area contributed by atoms with E-state index in [-0.39, 0.29) is 18.8 Å². The second-order valence-electron chi connectivity index (χ2n) is 4.04. The van der Waals surface area contributed by atoms with Gasteiger partial charge in [0.25, 0.3) is 0 Å². The maximum atomic E-state index is 11.8. The van der Waals surface area contributed by atoms with Crippen LogP contribution in [0, 0.1) is 17.0 Å². The molecule has 1 aromatic heterocycles. The van der Waals surface area contributed by atoms with Crippen LogP contribution in [0.4, 0.5) is 19.0 Å². The number of carbonyl (C=O) groups is 1. The zero-order valence-electron chi connectivity index (χ0n) is 10.9. The Balaban J connectivity index is 2.41. The maximum Gasteiger partial charge on any atom is 0.394 e. The number of nitro groups is 1. The molecule has 11 heteroatoms. The molecule has 0 bridgehead atoms. The minimum absolute atomic E-state index is 0.0559. The van der Waals surface area contributed by atoms with Crippen LogP contribution in [-0.2, 0) is 11.3 Å². The van der Waals surface area contributed by atoms with Crippen molar-refractivity contribution in [1.29, 1.82) is 0 Å². The molecule has 21 heavy (non-hydrogen) atoms. The summed E-state index contributed by atoms with van der Waals surface area (Å²) in [4.78, 5) is 21.1. The van der Waals surface area contributed by atoms with Crippen LogP contribution in [0.5, 0.6) is 0 Å². The van der Waals surface area contributed by atoms with Gasteiger partial charge in [-0.2, -0.15) is 23.0 Å². The van der Waals surface area contributed by atoms with Gasteiger partial charge in [0.2, 0.25) is 5.91 Å². The van der Waals surface area contributed by atoms with Gasteiger partial charge in [-0.05, 0) is 11.8 Å². The van der Waals surface area contributed by atoms with E-state index in [2.05, 4.69) is 10.2 Å². The Morgan fingerprint density at radius 3 is 2.81 bits per heavy atom. The number of aromatic nitrogens is 2. The molecule has 8 nitrogen and oxygen atoms in total. The van der Waals surface area contributed by atoms with E-state index < -0.39 is 23.4 Å². The summed E-state index contributed by atoms with van der Waals surface area (Å²) in [6.07, 6.45) is -5.19. The largest absolute Gasteiger partial charge is 0.394 e. The Bertz CT molecular complexity index is 553. The summed E-state index contributed by atoms with van der Waals surface area (Å²) in [5.41, 5.74) is 2.43.